The number of carbonyl (C=O) groups is 1. The fourth-order valence-corrected chi connectivity index (χ4v) is 1.90. The molecule has 0 radical (unpaired) electrons. The lowest BCUT2D eigenvalue weighted by molar-refractivity contribution is 0.0696. The molecule has 0 saturated heterocycles. The number of carboxylic acids is 1. The van der Waals surface area contributed by atoms with E-state index in [1.54, 1.807) is 0 Å². The second-order valence-corrected chi connectivity index (χ2v) is 4.89. The largest absolute Gasteiger partial charge is 0.486 e. The first-order valence-corrected chi connectivity index (χ1v) is 6.36. The van der Waals surface area contributed by atoms with Gasteiger partial charge in [0, 0.05) is 10.0 Å². The van der Waals surface area contributed by atoms with E-state index in [0.29, 0.717) is 4.47 Å². The van der Waals surface area contributed by atoms with Crippen LogP contribution in [0.25, 0.3) is 0 Å². The van der Waals surface area contributed by atoms with Crippen LogP contribution in [0.3, 0.4) is 0 Å². The molecular weight excluding hydrogens is 334 g/mol. The highest BCUT2D eigenvalue weighted by Gasteiger charge is 2.10. The zero-order chi connectivity index (χ0) is 14.7. The van der Waals surface area contributed by atoms with Crippen LogP contribution in [0.5, 0.6) is 5.75 Å². The maximum absolute atomic E-state index is 13.5. The predicted molar refractivity (Wildman–Crippen MR) is 71.8 cm³/mol. The summed E-state index contributed by atoms with van der Waals surface area (Å²) in [5.41, 5.74) is -0.0102. The molecule has 3 nitrogen and oxygen atoms in total. The summed E-state index contributed by atoms with van der Waals surface area (Å²) in [5.74, 6) is -2.40. The first-order valence-electron chi connectivity index (χ1n) is 5.57. The van der Waals surface area contributed by atoms with Crippen molar-refractivity contribution in [2.45, 2.75) is 6.61 Å². The molecule has 6 heteroatoms. The molecule has 104 valence electrons. The molecule has 0 saturated carbocycles. The molecule has 0 aliphatic heterocycles. The van der Waals surface area contributed by atoms with Crippen molar-refractivity contribution in [3.05, 3.63) is 63.6 Å². The molecule has 0 aromatic heterocycles. The van der Waals surface area contributed by atoms with E-state index in [-0.39, 0.29) is 23.5 Å². The Morgan fingerprint density at radius 1 is 1.15 bits per heavy atom. The van der Waals surface area contributed by atoms with Gasteiger partial charge in [0.25, 0.3) is 0 Å². The summed E-state index contributed by atoms with van der Waals surface area (Å²) < 4.78 is 32.8. The highest BCUT2D eigenvalue weighted by atomic mass is 79.9. The Labute approximate surface area is 121 Å². The van der Waals surface area contributed by atoms with Crippen LogP contribution in [0.2, 0.25) is 0 Å². The average molecular weight is 343 g/mol. The Bertz CT molecular complexity index is 659. The molecule has 0 aliphatic rings. The van der Waals surface area contributed by atoms with E-state index in [2.05, 4.69) is 15.9 Å². The van der Waals surface area contributed by atoms with E-state index >= 15 is 0 Å². The molecule has 2 aromatic rings. The molecular formula is C14H9BrF2O3. The van der Waals surface area contributed by atoms with E-state index < -0.39 is 17.6 Å². The van der Waals surface area contributed by atoms with Crippen molar-refractivity contribution in [2.24, 2.45) is 0 Å². The Morgan fingerprint density at radius 3 is 2.55 bits per heavy atom. The van der Waals surface area contributed by atoms with Crippen molar-refractivity contribution >= 4 is 21.9 Å². The molecule has 0 amide bonds. The predicted octanol–water partition coefficient (Wildman–Crippen LogP) is 4.00. The minimum atomic E-state index is -1.17. The molecule has 0 aliphatic carbocycles. The molecule has 0 bridgehead atoms. The summed E-state index contributed by atoms with van der Waals surface area (Å²) in [7, 11) is 0. The Morgan fingerprint density at radius 2 is 1.85 bits per heavy atom. The van der Waals surface area contributed by atoms with Crippen LogP contribution < -0.4 is 4.74 Å². The number of rotatable bonds is 4. The molecule has 0 unspecified atom stereocenters. The lowest BCUT2D eigenvalue weighted by atomic mass is 10.1. The summed E-state index contributed by atoms with van der Waals surface area (Å²) in [4.78, 5) is 10.8. The van der Waals surface area contributed by atoms with Crippen LogP contribution in [-0.2, 0) is 6.61 Å². The summed E-state index contributed by atoms with van der Waals surface area (Å²) in [5, 5.41) is 8.84. The average Bonchev–Trinajstić information content (AvgIpc) is 2.41. The lowest BCUT2D eigenvalue weighted by Crippen LogP contribution is -2.03. The smallest absolute Gasteiger partial charge is 0.335 e. The fraction of sp³-hybridized carbons (Fsp3) is 0.0714. The van der Waals surface area contributed by atoms with E-state index in [9.17, 15) is 13.6 Å². The number of halogens is 3. The number of ether oxygens (including phenoxy) is 1. The third-order valence-corrected chi connectivity index (χ3v) is 3.06. The van der Waals surface area contributed by atoms with Gasteiger partial charge in [-0.15, -0.1) is 0 Å². The van der Waals surface area contributed by atoms with Crippen molar-refractivity contribution in [3.8, 4) is 5.75 Å². The molecule has 0 fully saturated rings. The van der Waals surface area contributed by atoms with E-state index in [0.717, 1.165) is 18.2 Å². The normalized spacial score (nSPS) is 10.3. The Balaban J connectivity index is 2.20. The van der Waals surface area contributed by atoms with Crippen LogP contribution in [0.15, 0.2) is 40.9 Å². The van der Waals surface area contributed by atoms with Gasteiger partial charge in [-0.2, -0.15) is 0 Å². The minimum absolute atomic E-state index is 0.0421. The van der Waals surface area contributed by atoms with Crippen LogP contribution in [0, 0.1) is 11.6 Å². The van der Waals surface area contributed by atoms with Gasteiger partial charge < -0.3 is 9.84 Å². The third-order valence-electron chi connectivity index (χ3n) is 2.57. The zero-order valence-corrected chi connectivity index (χ0v) is 11.7. The molecule has 2 aromatic carbocycles. The van der Waals surface area contributed by atoms with Crippen molar-refractivity contribution in [1.82, 2.24) is 0 Å². The summed E-state index contributed by atoms with van der Waals surface area (Å²) in [6.07, 6.45) is 0. The molecule has 1 N–H and O–H groups in total. The number of hydrogen-bond acceptors (Lipinski definition) is 2. The first kappa shape index (κ1) is 14.5. The van der Waals surface area contributed by atoms with Crippen LogP contribution in [0.1, 0.15) is 15.9 Å². The highest BCUT2D eigenvalue weighted by molar-refractivity contribution is 9.10. The van der Waals surface area contributed by atoms with Crippen LogP contribution in [0.4, 0.5) is 8.78 Å². The van der Waals surface area contributed by atoms with Crippen molar-refractivity contribution in [1.29, 1.82) is 0 Å². The Kier molecular flexibility index (Phi) is 4.34. The van der Waals surface area contributed by atoms with Gasteiger partial charge in [0.15, 0.2) is 11.6 Å². The first-order chi connectivity index (χ1) is 9.47. The second-order valence-electron chi connectivity index (χ2n) is 3.97. The summed E-state index contributed by atoms with van der Waals surface area (Å²) in [6.45, 7) is -0.264. The Hall–Kier alpha value is -1.95. The van der Waals surface area contributed by atoms with Crippen molar-refractivity contribution < 1.29 is 23.4 Å². The fourth-order valence-electron chi connectivity index (χ4n) is 1.56. The van der Waals surface area contributed by atoms with Gasteiger partial charge in [0.05, 0.1) is 5.56 Å². The second kappa shape index (κ2) is 6.00. The highest BCUT2D eigenvalue weighted by Crippen LogP contribution is 2.23. The van der Waals surface area contributed by atoms with Gasteiger partial charge in [0.1, 0.15) is 12.4 Å². The lowest BCUT2D eigenvalue weighted by Gasteiger charge is -2.09. The number of carboxylic acid groups (broad SMARTS) is 1. The van der Waals surface area contributed by atoms with Crippen LogP contribution in [-0.4, -0.2) is 11.1 Å². The molecule has 0 atom stereocenters. The zero-order valence-electron chi connectivity index (χ0n) is 10.1. The van der Waals surface area contributed by atoms with E-state index in [1.165, 1.54) is 18.2 Å². The SMILES string of the molecule is O=C(O)c1ccc(F)c(COc2cc(Br)ccc2F)c1. The molecule has 0 spiro atoms. The molecule has 20 heavy (non-hydrogen) atoms. The number of hydrogen-bond donors (Lipinski definition) is 1. The third kappa shape index (κ3) is 3.33. The maximum Gasteiger partial charge on any atom is 0.335 e. The van der Waals surface area contributed by atoms with Crippen molar-refractivity contribution in [2.75, 3.05) is 0 Å². The van der Waals surface area contributed by atoms with Gasteiger partial charge in [-0.05, 0) is 36.4 Å². The quantitative estimate of drug-likeness (QED) is 0.913. The van der Waals surface area contributed by atoms with Gasteiger partial charge >= 0.3 is 5.97 Å². The van der Waals surface area contributed by atoms with Crippen molar-refractivity contribution in [3.63, 3.8) is 0 Å². The van der Waals surface area contributed by atoms with Crippen LogP contribution >= 0.6 is 15.9 Å². The van der Waals surface area contributed by atoms with Gasteiger partial charge in [-0.25, -0.2) is 13.6 Å². The topological polar surface area (TPSA) is 46.5 Å². The monoisotopic (exact) mass is 342 g/mol. The standard InChI is InChI=1S/C14H9BrF2O3/c15-10-2-4-12(17)13(6-10)20-7-9-5-8(14(18)19)1-3-11(9)16/h1-6H,7H2,(H,18,19). The summed E-state index contributed by atoms with van der Waals surface area (Å²) in [6, 6.07) is 7.49. The number of benzene rings is 2. The molecule has 2 rings (SSSR count). The van der Waals surface area contributed by atoms with Gasteiger partial charge in [0.2, 0.25) is 0 Å². The maximum atomic E-state index is 13.5. The van der Waals surface area contributed by atoms with Gasteiger partial charge in [-0.1, -0.05) is 15.9 Å². The van der Waals surface area contributed by atoms with E-state index in [1.807, 2.05) is 0 Å². The summed E-state index contributed by atoms with van der Waals surface area (Å²) >= 11 is 3.17. The number of aromatic carboxylic acids is 1. The molecule has 0 heterocycles. The van der Waals surface area contributed by atoms with E-state index in [4.69, 9.17) is 9.84 Å². The minimum Gasteiger partial charge on any atom is -0.486 e. The van der Waals surface area contributed by atoms with Gasteiger partial charge in [-0.3, -0.25) is 0 Å².